The Morgan fingerprint density at radius 1 is 1.60 bits per heavy atom. The van der Waals surface area contributed by atoms with Crippen LogP contribution in [-0.2, 0) is 0 Å². The van der Waals surface area contributed by atoms with Gasteiger partial charge in [0, 0.05) is 12.5 Å². The van der Waals surface area contributed by atoms with Gasteiger partial charge in [0.05, 0.1) is 12.7 Å². The molecule has 0 saturated carbocycles. The van der Waals surface area contributed by atoms with Gasteiger partial charge in [0.2, 0.25) is 0 Å². The molecule has 4 heteroatoms. The van der Waals surface area contributed by atoms with E-state index in [0.717, 1.165) is 0 Å². The highest BCUT2D eigenvalue weighted by Gasteiger charge is 2.16. The number of ether oxygens (including phenoxy) is 1. The lowest BCUT2D eigenvalue weighted by atomic mass is 10.0. The highest BCUT2D eigenvalue weighted by atomic mass is 19.1. The molecule has 0 radical (unpaired) electrons. The maximum Gasteiger partial charge on any atom is 0.126 e. The van der Waals surface area contributed by atoms with Crippen LogP contribution in [0, 0.1) is 17.1 Å². The van der Waals surface area contributed by atoms with Gasteiger partial charge in [-0.3, -0.25) is 0 Å². The molecule has 0 fully saturated rings. The summed E-state index contributed by atoms with van der Waals surface area (Å²) in [6.07, 6.45) is 0.403. The normalized spacial score (nSPS) is 14.0. The molecule has 1 aromatic rings. The van der Waals surface area contributed by atoms with E-state index >= 15 is 0 Å². The molecule has 1 aromatic carbocycles. The minimum atomic E-state index is -0.896. The van der Waals surface area contributed by atoms with Crippen LogP contribution in [0.15, 0.2) is 24.3 Å². The Labute approximate surface area is 88.3 Å². The first-order chi connectivity index (χ1) is 7.03. The summed E-state index contributed by atoms with van der Waals surface area (Å²) in [5, 5.41) is 8.64. The van der Waals surface area contributed by atoms with Gasteiger partial charge in [0.1, 0.15) is 17.1 Å². The van der Waals surface area contributed by atoms with Crippen LogP contribution in [0.25, 0.3) is 0 Å². The van der Waals surface area contributed by atoms with Gasteiger partial charge < -0.3 is 10.5 Å². The van der Waals surface area contributed by atoms with E-state index in [-0.39, 0.29) is 5.82 Å². The monoisotopic (exact) mass is 208 g/mol. The molecule has 2 N–H and O–H groups in total. The molecule has 80 valence electrons. The van der Waals surface area contributed by atoms with Gasteiger partial charge in [-0.05, 0) is 19.1 Å². The summed E-state index contributed by atoms with van der Waals surface area (Å²) >= 11 is 0. The zero-order valence-corrected chi connectivity index (χ0v) is 8.53. The van der Waals surface area contributed by atoms with Crippen LogP contribution in [0.3, 0.4) is 0 Å². The van der Waals surface area contributed by atoms with Crippen molar-refractivity contribution in [1.29, 1.82) is 5.26 Å². The lowest BCUT2D eigenvalue weighted by molar-refractivity contribution is 0.285. The Kier molecular flexibility index (Phi) is 3.64. The van der Waals surface area contributed by atoms with Crippen LogP contribution in [0.5, 0.6) is 5.75 Å². The van der Waals surface area contributed by atoms with Gasteiger partial charge in [-0.25, -0.2) is 4.39 Å². The Balaban J connectivity index is 2.42. The average molecular weight is 208 g/mol. The predicted molar refractivity (Wildman–Crippen MR) is 54.7 cm³/mol. The third-order valence-corrected chi connectivity index (χ3v) is 1.94. The molecular formula is C11H13FN2O. The van der Waals surface area contributed by atoms with E-state index in [2.05, 4.69) is 0 Å². The zero-order valence-electron chi connectivity index (χ0n) is 8.53. The van der Waals surface area contributed by atoms with Gasteiger partial charge in [-0.2, -0.15) is 5.26 Å². The SMILES string of the molecule is CC(N)(C#N)CCOc1cccc(F)c1. The van der Waals surface area contributed by atoms with Crippen LogP contribution in [0.1, 0.15) is 13.3 Å². The molecule has 0 aliphatic rings. The smallest absolute Gasteiger partial charge is 0.126 e. The van der Waals surface area contributed by atoms with Crippen molar-refractivity contribution in [2.24, 2.45) is 5.73 Å². The molecular weight excluding hydrogens is 195 g/mol. The van der Waals surface area contributed by atoms with E-state index in [9.17, 15) is 4.39 Å². The summed E-state index contributed by atoms with van der Waals surface area (Å²) in [4.78, 5) is 0. The van der Waals surface area contributed by atoms with Crippen molar-refractivity contribution < 1.29 is 9.13 Å². The van der Waals surface area contributed by atoms with Gasteiger partial charge in [-0.1, -0.05) is 6.07 Å². The molecule has 0 aromatic heterocycles. The minimum absolute atomic E-state index is 0.296. The van der Waals surface area contributed by atoms with Crippen molar-refractivity contribution in [1.82, 2.24) is 0 Å². The molecule has 1 rings (SSSR count). The van der Waals surface area contributed by atoms with E-state index in [0.29, 0.717) is 18.8 Å². The number of nitrogens with zero attached hydrogens (tertiary/aromatic N) is 1. The Hall–Kier alpha value is -1.60. The summed E-state index contributed by atoms with van der Waals surface area (Å²) in [7, 11) is 0. The molecule has 0 spiro atoms. The summed E-state index contributed by atoms with van der Waals surface area (Å²) in [6.45, 7) is 1.92. The Bertz CT molecular complexity index is 371. The second kappa shape index (κ2) is 4.76. The first-order valence-corrected chi connectivity index (χ1v) is 4.62. The number of nitrogens with two attached hydrogens (primary N) is 1. The lowest BCUT2D eigenvalue weighted by Crippen LogP contribution is -2.35. The highest BCUT2D eigenvalue weighted by Crippen LogP contribution is 2.13. The van der Waals surface area contributed by atoms with E-state index in [1.165, 1.54) is 12.1 Å². The summed E-state index contributed by atoms with van der Waals surface area (Å²) < 4.78 is 18.0. The number of hydrogen-bond acceptors (Lipinski definition) is 3. The molecule has 1 unspecified atom stereocenters. The summed E-state index contributed by atoms with van der Waals surface area (Å²) in [5.41, 5.74) is 4.70. The number of hydrogen-bond donors (Lipinski definition) is 1. The van der Waals surface area contributed by atoms with Crippen LogP contribution in [0.4, 0.5) is 4.39 Å². The second-order valence-electron chi connectivity index (χ2n) is 3.59. The molecule has 15 heavy (non-hydrogen) atoms. The maximum absolute atomic E-state index is 12.7. The van der Waals surface area contributed by atoms with Crippen LogP contribution >= 0.6 is 0 Å². The lowest BCUT2D eigenvalue weighted by Gasteiger charge is -2.15. The first kappa shape index (κ1) is 11.5. The van der Waals surface area contributed by atoms with E-state index in [4.69, 9.17) is 15.7 Å². The first-order valence-electron chi connectivity index (χ1n) is 4.62. The molecule has 0 saturated heterocycles. The highest BCUT2D eigenvalue weighted by molar-refractivity contribution is 5.22. The zero-order chi connectivity index (χ0) is 11.3. The maximum atomic E-state index is 12.7. The van der Waals surface area contributed by atoms with E-state index in [1.807, 2.05) is 6.07 Å². The molecule has 3 nitrogen and oxygen atoms in total. The predicted octanol–water partition coefficient (Wildman–Crippen LogP) is 1.84. The minimum Gasteiger partial charge on any atom is -0.493 e. The van der Waals surface area contributed by atoms with Crippen molar-refractivity contribution in [3.63, 3.8) is 0 Å². The fourth-order valence-electron chi connectivity index (χ4n) is 0.994. The molecule has 0 heterocycles. The fraction of sp³-hybridized carbons (Fsp3) is 0.364. The van der Waals surface area contributed by atoms with Crippen LogP contribution in [-0.4, -0.2) is 12.1 Å². The third kappa shape index (κ3) is 3.96. The standard InChI is InChI=1S/C11H13FN2O/c1-11(14,8-13)5-6-15-10-4-2-3-9(12)7-10/h2-4,7H,5-6,14H2,1H3. The van der Waals surface area contributed by atoms with Crippen molar-refractivity contribution >= 4 is 0 Å². The average Bonchev–Trinajstić information content (AvgIpc) is 2.18. The van der Waals surface area contributed by atoms with Crippen molar-refractivity contribution in [3.05, 3.63) is 30.1 Å². The Morgan fingerprint density at radius 3 is 2.93 bits per heavy atom. The topological polar surface area (TPSA) is 59.0 Å². The number of nitriles is 1. The number of rotatable bonds is 4. The molecule has 0 aliphatic heterocycles. The molecule has 0 aliphatic carbocycles. The summed E-state index contributed by atoms with van der Waals surface area (Å²) in [5.74, 6) is 0.104. The van der Waals surface area contributed by atoms with Crippen LogP contribution < -0.4 is 10.5 Å². The Morgan fingerprint density at radius 2 is 2.33 bits per heavy atom. The van der Waals surface area contributed by atoms with Crippen molar-refractivity contribution in [3.8, 4) is 11.8 Å². The van der Waals surface area contributed by atoms with Crippen molar-refractivity contribution in [2.45, 2.75) is 18.9 Å². The summed E-state index contributed by atoms with van der Waals surface area (Å²) in [6, 6.07) is 7.82. The molecule has 0 amide bonds. The largest absolute Gasteiger partial charge is 0.493 e. The van der Waals surface area contributed by atoms with Gasteiger partial charge in [0.15, 0.2) is 0 Å². The molecule has 1 atom stereocenters. The van der Waals surface area contributed by atoms with E-state index < -0.39 is 5.54 Å². The number of benzene rings is 1. The molecule has 0 bridgehead atoms. The van der Waals surface area contributed by atoms with Gasteiger partial charge in [-0.15, -0.1) is 0 Å². The second-order valence-corrected chi connectivity index (χ2v) is 3.59. The third-order valence-electron chi connectivity index (χ3n) is 1.94. The van der Waals surface area contributed by atoms with Gasteiger partial charge in [0.25, 0.3) is 0 Å². The van der Waals surface area contributed by atoms with Crippen LogP contribution in [0.2, 0.25) is 0 Å². The van der Waals surface area contributed by atoms with Crippen molar-refractivity contribution in [2.75, 3.05) is 6.61 Å². The van der Waals surface area contributed by atoms with Gasteiger partial charge >= 0.3 is 0 Å². The number of halogens is 1. The van der Waals surface area contributed by atoms with E-state index in [1.54, 1.807) is 19.1 Å². The fourth-order valence-corrected chi connectivity index (χ4v) is 0.994. The quantitative estimate of drug-likeness (QED) is 0.821.